The van der Waals surface area contributed by atoms with E-state index >= 15 is 0 Å². The fourth-order valence-electron chi connectivity index (χ4n) is 3.84. The van der Waals surface area contributed by atoms with Crippen LogP contribution in [0.15, 0.2) is 24.3 Å². The van der Waals surface area contributed by atoms with Crippen molar-refractivity contribution >= 4 is 23.6 Å². The van der Waals surface area contributed by atoms with Gasteiger partial charge < -0.3 is 19.7 Å². The van der Waals surface area contributed by atoms with Crippen LogP contribution in [0.1, 0.15) is 33.6 Å². The Morgan fingerprint density at radius 3 is 2.30 bits per heavy atom. The van der Waals surface area contributed by atoms with Crippen molar-refractivity contribution in [3.05, 3.63) is 29.3 Å². The van der Waals surface area contributed by atoms with Gasteiger partial charge in [0.25, 0.3) is 5.91 Å². The average Bonchev–Trinajstić information content (AvgIpc) is 3.11. The van der Waals surface area contributed by atoms with Gasteiger partial charge in [-0.1, -0.05) is 11.6 Å². The lowest BCUT2D eigenvalue weighted by molar-refractivity contribution is -0.123. The topological polar surface area (TPSA) is 67.9 Å². The monoisotopic (exact) mass is 394 g/mol. The molecule has 6 nitrogen and oxygen atoms in total. The number of rotatable bonds is 4. The third kappa shape index (κ3) is 5.51. The summed E-state index contributed by atoms with van der Waals surface area (Å²) in [5.41, 5.74) is -0.477. The first kappa shape index (κ1) is 19.8. The molecule has 2 atom stereocenters. The number of carbonyl (C=O) groups excluding carboxylic acids is 2. The minimum atomic E-state index is -0.477. The molecule has 0 unspecified atom stereocenters. The van der Waals surface area contributed by atoms with Gasteiger partial charge in [-0.05, 0) is 69.7 Å². The highest BCUT2D eigenvalue weighted by molar-refractivity contribution is 6.30. The van der Waals surface area contributed by atoms with Gasteiger partial charge in [-0.2, -0.15) is 0 Å². The van der Waals surface area contributed by atoms with Gasteiger partial charge in [-0.15, -0.1) is 0 Å². The maximum atomic E-state index is 12.2. The number of nitrogens with one attached hydrogen (secondary N) is 1. The Labute approximate surface area is 165 Å². The SMILES string of the molecule is CC(C)(C)OC(=O)N1C[C@H]2CC(NC(=O)COc3ccc(Cl)cc3)C[C@@H]2C1. The van der Waals surface area contributed by atoms with Gasteiger partial charge in [0.15, 0.2) is 6.61 Å². The van der Waals surface area contributed by atoms with Crippen LogP contribution in [0, 0.1) is 11.8 Å². The molecule has 2 amide bonds. The van der Waals surface area contributed by atoms with E-state index in [2.05, 4.69) is 5.32 Å². The first-order chi connectivity index (χ1) is 12.7. The normalized spacial score (nSPS) is 22.4. The number of carbonyl (C=O) groups is 2. The molecule has 0 spiro atoms. The number of ether oxygens (including phenoxy) is 2. The molecule has 27 heavy (non-hydrogen) atoms. The molecule has 1 saturated heterocycles. The largest absolute Gasteiger partial charge is 0.484 e. The van der Waals surface area contributed by atoms with Gasteiger partial charge in [0.05, 0.1) is 0 Å². The summed E-state index contributed by atoms with van der Waals surface area (Å²) >= 11 is 5.83. The molecule has 1 aromatic rings. The molecule has 1 aliphatic heterocycles. The molecule has 0 bridgehead atoms. The third-order valence-electron chi connectivity index (χ3n) is 4.95. The number of hydrogen-bond acceptors (Lipinski definition) is 4. The van der Waals surface area contributed by atoms with E-state index in [1.54, 1.807) is 29.2 Å². The van der Waals surface area contributed by atoms with Crippen LogP contribution in [0.3, 0.4) is 0 Å². The van der Waals surface area contributed by atoms with Gasteiger partial charge >= 0.3 is 6.09 Å². The quantitative estimate of drug-likeness (QED) is 0.848. The third-order valence-corrected chi connectivity index (χ3v) is 5.20. The number of nitrogens with zero attached hydrogens (tertiary/aromatic N) is 1. The molecule has 1 heterocycles. The number of fused-ring (bicyclic) bond motifs is 1. The number of benzene rings is 1. The molecular weight excluding hydrogens is 368 g/mol. The summed E-state index contributed by atoms with van der Waals surface area (Å²) in [5, 5.41) is 3.68. The fraction of sp³-hybridized carbons (Fsp3) is 0.600. The van der Waals surface area contributed by atoms with E-state index in [4.69, 9.17) is 21.1 Å². The molecule has 2 aliphatic rings. The van der Waals surface area contributed by atoms with E-state index < -0.39 is 5.60 Å². The Balaban J connectivity index is 1.40. The Morgan fingerprint density at radius 1 is 1.15 bits per heavy atom. The van der Waals surface area contributed by atoms with Crippen LogP contribution in [0.4, 0.5) is 4.79 Å². The van der Waals surface area contributed by atoms with Crippen LogP contribution in [0.2, 0.25) is 5.02 Å². The van der Waals surface area contributed by atoms with E-state index in [9.17, 15) is 9.59 Å². The zero-order valence-electron chi connectivity index (χ0n) is 16.0. The lowest BCUT2D eigenvalue weighted by Crippen LogP contribution is -2.39. The second-order valence-corrected chi connectivity index (χ2v) is 8.82. The highest BCUT2D eigenvalue weighted by atomic mass is 35.5. The van der Waals surface area contributed by atoms with Crippen molar-refractivity contribution < 1.29 is 19.1 Å². The van der Waals surface area contributed by atoms with E-state index in [-0.39, 0.29) is 24.6 Å². The maximum absolute atomic E-state index is 12.2. The van der Waals surface area contributed by atoms with Gasteiger partial charge in [-0.25, -0.2) is 4.79 Å². The fourth-order valence-corrected chi connectivity index (χ4v) is 3.97. The minimum absolute atomic E-state index is 0.0164. The van der Waals surface area contributed by atoms with Crippen LogP contribution >= 0.6 is 11.6 Å². The summed E-state index contributed by atoms with van der Waals surface area (Å²) in [6, 6.07) is 7.07. The summed E-state index contributed by atoms with van der Waals surface area (Å²) in [4.78, 5) is 26.1. The summed E-state index contributed by atoms with van der Waals surface area (Å²) in [6.45, 7) is 7.01. The molecule has 7 heteroatoms. The molecule has 0 aromatic heterocycles. The van der Waals surface area contributed by atoms with Crippen molar-refractivity contribution in [3.8, 4) is 5.75 Å². The average molecular weight is 395 g/mol. The van der Waals surface area contributed by atoms with Crippen LogP contribution in [-0.4, -0.2) is 48.2 Å². The summed E-state index contributed by atoms with van der Waals surface area (Å²) in [5.74, 6) is 1.32. The zero-order chi connectivity index (χ0) is 19.6. The van der Waals surface area contributed by atoms with E-state index in [1.807, 2.05) is 20.8 Å². The predicted octanol–water partition coefficient (Wildman–Crippen LogP) is 3.48. The first-order valence-corrected chi connectivity index (χ1v) is 9.73. The number of amides is 2. The smallest absolute Gasteiger partial charge is 0.410 e. The van der Waals surface area contributed by atoms with Gasteiger partial charge in [0, 0.05) is 24.2 Å². The molecule has 1 aliphatic carbocycles. The Bertz CT molecular complexity index is 672. The van der Waals surface area contributed by atoms with E-state index in [0.29, 0.717) is 35.7 Å². The highest BCUT2D eigenvalue weighted by Gasteiger charge is 2.43. The van der Waals surface area contributed by atoms with Crippen LogP contribution < -0.4 is 10.1 Å². The van der Waals surface area contributed by atoms with Crippen LogP contribution in [0.25, 0.3) is 0 Å². The minimum Gasteiger partial charge on any atom is -0.484 e. The van der Waals surface area contributed by atoms with Crippen molar-refractivity contribution in [2.45, 2.75) is 45.3 Å². The number of halogens is 1. The first-order valence-electron chi connectivity index (χ1n) is 9.35. The summed E-state index contributed by atoms with van der Waals surface area (Å²) < 4.78 is 10.9. The maximum Gasteiger partial charge on any atom is 0.410 e. The van der Waals surface area contributed by atoms with E-state index in [1.165, 1.54) is 0 Å². The van der Waals surface area contributed by atoms with Crippen LogP contribution in [0.5, 0.6) is 5.75 Å². The molecule has 1 saturated carbocycles. The van der Waals surface area contributed by atoms with Crippen molar-refractivity contribution in [1.29, 1.82) is 0 Å². The highest BCUT2D eigenvalue weighted by Crippen LogP contribution is 2.38. The molecule has 1 aromatic carbocycles. The molecule has 2 fully saturated rings. The standard InChI is InChI=1S/C20H27ClN2O4/c1-20(2,3)27-19(25)23-10-13-8-16(9-14(13)11-23)22-18(24)12-26-17-6-4-15(21)5-7-17/h4-7,13-14,16H,8-12H2,1-3H3,(H,22,24)/t13-,14-/m1/s1. The van der Waals surface area contributed by atoms with Crippen molar-refractivity contribution in [1.82, 2.24) is 10.2 Å². The van der Waals surface area contributed by atoms with E-state index in [0.717, 1.165) is 12.8 Å². The Kier molecular flexibility index (Phi) is 5.84. The second-order valence-electron chi connectivity index (χ2n) is 8.38. The lowest BCUT2D eigenvalue weighted by Gasteiger charge is -2.25. The van der Waals surface area contributed by atoms with Crippen LogP contribution in [-0.2, 0) is 9.53 Å². The summed E-state index contributed by atoms with van der Waals surface area (Å²) in [6.07, 6.45) is 1.53. The molecule has 3 rings (SSSR count). The summed E-state index contributed by atoms with van der Waals surface area (Å²) in [7, 11) is 0. The molecular formula is C20H27ClN2O4. The molecule has 0 radical (unpaired) electrons. The van der Waals surface area contributed by atoms with Gasteiger partial charge in [-0.3, -0.25) is 4.79 Å². The Hall–Kier alpha value is -1.95. The number of hydrogen-bond donors (Lipinski definition) is 1. The van der Waals surface area contributed by atoms with Crippen molar-refractivity contribution in [2.24, 2.45) is 11.8 Å². The lowest BCUT2D eigenvalue weighted by atomic mass is 10.0. The second kappa shape index (κ2) is 7.97. The predicted molar refractivity (Wildman–Crippen MR) is 103 cm³/mol. The Morgan fingerprint density at radius 2 is 1.74 bits per heavy atom. The zero-order valence-corrected chi connectivity index (χ0v) is 16.8. The molecule has 1 N–H and O–H groups in total. The molecule has 148 valence electrons. The van der Waals surface area contributed by atoms with Gasteiger partial charge in [0.2, 0.25) is 0 Å². The van der Waals surface area contributed by atoms with Crippen molar-refractivity contribution in [3.63, 3.8) is 0 Å². The number of likely N-dealkylation sites (tertiary alicyclic amines) is 1. The van der Waals surface area contributed by atoms with Crippen molar-refractivity contribution in [2.75, 3.05) is 19.7 Å². The van der Waals surface area contributed by atoms with Gasteiger partial charge in [0.1, 0.15) is 11.4 Å².